The molecule has 0 aliphatic heterocycles. The second-order valence-corrected chi connectivity index (χ2v) is 8.44. The molecule has 5 nitrogen and oxygen atoms in total. The fourth-order valence-corrected chi connectivity index (χ4v) is 2.93. The third-order valence-corrected chi connectivity index (χ3v) is 4.69. The number of carbonyl (C=O) groups excluding carboxylic acids is 1. The number of benzene rings is 2. The van der Waals surface area contributed by atoms with Crippen LogP contribution in [0.25, 0.3) is 0 Å². The first-order chi connectivity index (χ1) is 13.8. The van der Waals surface area contributed by atoms with E-state index in [0.29, 0.717) is 23.8 Å². The summed E-state index contributed by atoms with van der Waals surface area (Å²) in [6, 6.07) is 12.8. The van der Waals surface area contributed by atoms with E-state index < -0.39 is 0 Å². The minimum absolute atomic E-state index is 0.123. The second kappa shape index (κ2) is 11.2. The van der Waals surface area contributed by atoms with Gasteiger partial charge in [0.15, 0.2) is 5.11 Å². The molecule has 2 N–H and O–H groups in total. The van der Waals surface area contributed by atoms with Gasteiger partial charge in [0.2, 0.25) is 0 Å². The van der Waals surface area contributed by atoms with Crippen molar-refractivity contribution in [1.29, 1.82) is 0 Å². The highest BCUT2D eigenvalue weighted by Gasteiger charge is 2.15. The lowest BCUT2D eigenvalue weighted by molar-refractivity contribution is 0.0973. The van der Waals surface area contributed by atoms with Crippen LogP contribution in [0.2, 0.25) is 0 Å². The Kier molecular flexibility index (Phi) is 8.92. The molecule has 2 aromatic rings. The van der Waals surface area contributed by atoms with Crippen LogP contribution in [-0.4, -0.2) is 23.7 Å². The fourth-order valence-electron chi connectivity index (χ4n) is 2.36. The normalized spacial score (nSPS) is 11.7. The van der Waals surface area contributed by atoms with Gasteiger partial charge in [-0.3, -0.25) is 10.1 Å². The summed E-state index contributed by atoms with van der Waals surface area (Å²) in [6.07, 6.45) is 1.04. The van der Waals surface area contributed by atoms with E-state index in [1.807, 2.05) is 37.3 Å². The van der Waals surface area contributed by atoms with Gasteiger partial charge in [0.05, 0.1) is 18.3 Å². The molecular formula is C22H27BrN2O3S. The Bertz CT molecular complexity index is 858. The van der Waals surface area contributed by atoms with Gasteiger partial charge < -0.3 is 14.8 Å². The average Bonchev–Trinajstić information content (AvgIpc) is 2.66. The largest absolute Gasteiger partial charge is 0.492 e. The molecule has 7 heteroatoms. The van der Waals surface area contributed by atoms with Gasteiger partial charge in [0.1, 0.15) is 11.5 Å². The number of hydrogen-bond donors (Lipinski definition) is 2. The van der Waals surface area contributed by atoms with Crippen LogP contribution in [0, 0.1) is 5.92 Å². The van der Waals surface area contributed by atoms with Crippen LogP contribution in [0.5, 0.6) is 11.5 Å². The van der Waals surface area contributed by atoms with Crippen LogP contribution in [-0.2, 0) is 0 Å². The zero-order valence-corrected chi connectivity index (χ0v) is 19.5. The highest BCUT2D eigenvalue weighted by atomic mass is 79.9. The van der Waals surface area contributed by atoms with Crippen molar-refractivity contribution in [2.45, 2.75) is 40.2 Å². The van der Waals surface area contributed by atoms with E-state index in [0.717, 1.165) is 22.3 Å². The van der Waals surface area contributed by atoms with Crippen LogP contribution in [0.15, 0.2) is 46.9 Å². The maximum atomic E-state index is 12.8. The third-order valence-electron chi connectivity index (χ3n) is 3.99. The number of nitrogens with one attached hydrogen (secondary N) is 2. The first-order valence-electron chi connectivity index (χ1n) is 9.59. The maximum Gasteiger partial charge on any atom is 0.261 e. The second-order valence-electron chi connectivity index (χ2n) is 7.12. The fraction of sp³-hybridized carbons (Fsp3) is 0.364. The molecule has 1 atom stereocenters. The molecule has 1 amide bonds. The molecule has 1 unspecified atom stereocenters. The Morgan fingerprint density at radius 1 is 1.17 bits per heavy atom. The van der Waals surface area contributed by atoms with Crippen LogP contribution in [0.4, 0.5) is 5.69 Å². The standard InChI is InChI=1S/C22H27BrN2O3S/c1-5-15(4)28-18-8-6-7-17(12-18)24-22(29)25-21(26)19-11-16(23)9-10-20(19)27-13-14(2)3/h6-12,14-15H,5,13H2,1-4H3,(H2,24,25,26,29). The molecule has 0 aliphatic carbocycles. The van der Waals surface area contributed by atoms with Gasteiger partial charge in [-0.05, 0) is 61.8 Å². The van der Waals surface area contributed by atoms with E-state index >= 15 is 0 Å². The average molecular weight is 479 g/mol. The Labute approximate surface area is 186 Å². The van der Waals surface area contributed by atoms with E-state index in [4.69, 9.17) is 21.7 Å². The van der Waals surface area contributed by atoms with Crippen molar-refractivity contribution in [2.24, 2.45) is 5.92 Å². The number of anilines is 1. The van der Waals surface area contributed by atoms with Gasteiger partial charge in [-0.2, -0.15) is 0 Å². The summed E-state index contributed by atoms with van der Waals surface area (Å²) in [5, 5.41) is 5.94. The molecule has 0 radical (unpaired) electrons. The predicted molar refractivity (Wildman–Crippen MR) is 125 cm³/mol. The van der Waals surface area contributed by atoms with Crippen LogP contribution in [0.3, 0.4) is 0 Å². The van der Waals surface area contributed by atoms with Crippen LogP contribution < -0.4 is 20.1 Å². The lowest BCUT2D eigenvalue weighted by Gasteiger charge is -2.16. The summed E-state index contributed by atoms with van der Waals surface area (Å²) in [4.78, 5) is 12.8. The van der Waals surface area contributed by atoms with Crippen molar-refractivity contribution in [3.63, 3.8) is 0 Å². The smallest absolute Gasteiger partial charge is 0.261 e. The monoisotopic (exact) mass is 478 g/mol. The number of hydrogen-bond acceptors (Lipinski definition) is 4. The molecule has 0 saturated heterocycles. The molecular weight excluding hydrogens is 452 g/mol. The molecule has 2 rings (SSSR count). The van der Waals surface area contributed by atoms with Gasteiger partial charge >= 0.3 is 0 Å². The maximum absolute atomic E-state index is 12.8. The number of carbonyl (C=O) groups is 1. The van der Waals surface area contributed by atoms with E-state index in [-0.39, 0.29) is 17.1 Å². The summed E-state index contributed by atoms with van der Waals surface area (Å²) in [7, 11) is 0. The van der Waals surface area contributed by atoms with E-state index in [1.54, 1.807) is 12.1 Å². The zero-order valence-electron chi connectivity index (χ0n) is 17.1. The first kappa shape index (κ1) is 23.2. The van der Waals surface area contributed by atoms with E-state index in [9.17, 15) is 4.79 Å². The Morgan fingerprint density at radius 2 is 1.93 bits per heavy atom. The molecule has 29 heavy (non-hydrogen) atoms. The van der Waals surface area contributed by atoms with E-state index in [2.05, 4.69) is 47.3 Å². The topological polar surface area (TPSA) is 59.6 Å². The molecule has 156 valence electrons. The molecule has 0 saturated carbocycles. The molecule has 0 bridgehead atoms. The zero-order chi connectivity index (χ0) is 21.4. The van der Waals surface area contributed by atoms with Crippen molar-refractivity contribution < 1.29 is 14.3 Å². The van der Waals surface area contributed by atoms with Crippen molar-refractivity contribution >= 4 is 44.9 Å². The first-order valence-corrected chi connectivity index (χ1v) is 10.8. The Balaban J connectivity index is 2.05. The molecule has 0 aliphatic rings. The summed E-state index contributed by atoms with van der Waals surface area (Å²) in [5.74, 6) is 1.28. The minimum Gasteiger partial charge on any atom is -0.492 e. The highest BCUT2D eigenvalue weighted by Crippen LogP contribution is 2.24. The molecule has 0 fully saturated rings. The summed E-state index contributed by atoms with van der Waals surface area (Å²) >= 11 is 8.71. The molecule has 0 spiro atoms. The number of halogens is 1. The number of amides is 1. The van der Waals surface area contributed by atoms with Crippen molar-refractivity contribution in [3.8, 4) is 11.5 Å². The van der Waals surface area contributed by atoms with Crippen LogP contribution >= 0.6 is 28.1 Å². The number of rotatable bonds is 8. The number of thiocarbonyl (C=S) groups is 1. The molecule has 2 aromatic carbocycles. The number of ether oxygens (including phenoxy) is 2. The lowest BCUT2D eigenvalue weighted by atomic mass is 10.2. The van der Waals surface area contributed by atoms with Gasteiger partial charge in [0, 0.05) is 16.2 Å². The SMILES string of the molecule is CCC(C)Oc1cccc(NC(=S)NC(=O)c2cc(Br)ccc2OCC(C)C)c1. The predicted octanol–water partition coefficient (Wildman–Crippen LogP) is 5.79. The van der Waals surface area contributed by atoms with Crippen LogP contribution in [0.1, 0.15) is 44.5 Å². The summed E-state index contributed by atoms with van der Waals surface area (Å²) in [6.45, 7) is 8.71. The van der Waals surface area contributed by atoms with Gasteiger partial charge in [-0.25, -0.2) is 0 Å². The van der Waals surface area contributed by atoms with Gasteiger partial charge in [-0.15, -0.1) is 0 Å². The summed E-state index contributed by atoms with van der Waals surface area (Å²) in [5.41, 5.74) is 1.15. The quantitative estimate of drug-likeness (QED) is 0.470. The lowest BCUT2D eigenvalue weighted by Crippen LogP contribution is -2.34. The minimum atomic E-state index is -0.338. The molecule has 0 aromatic heterocycles. The Morgan fingerprint density at radius 3 is 2.62 bits per heavy atom. The highest BCUT2D eigenvalue weighted by molar-refractivity contribution is 9.10. The third kappa shape index (κ3) is 7.66. The van der Waals surface area contributed by atoms with Gasteiger partial charge in [-0.1, -0.05) is 42.8 Å². The van der Waals surface area contributed by atoms with E-state index in [1.165, 1.54) is 0 Å². The van der Waals surface area contributed by atoms with Crippen molar-refractivity contribution in [1.82, 2.24) is 5.32 Å². The summed E-state index contributed by atoms with van der Waals surface area (Å²) < 4.78 is 12.4. The molecule has 0 heterocycles. The van der Waals surface area contributed by atoms with Crippen molar-refractivity contribution in [2.75, 3.05) is 11.9 Å². The van der Waals surface area contributed by atoms with Gasteiger partial charge in [0.25, 0.3) is 5.91 Å². The van der Waals surface area contributed by atoms with Crippen molar-refractivity contribution in [3.05, 3.63) is 52.5 Å². The Hall–Kier alpha value is -2.12.